The van der Waals surface area contributed by atoms with Crippen molar-refractivity contribution in [2.75, 3.05) is 13.2 Å². The van der Waals surface area contributed by atoms with Crippen molar-refractivity contribution in [3.05, 3.63) is 12.7 Å². The van der Waals surface area contributed by atoms with Crippen LogP contribution < -0.4 is 5.32 Å². The number of aliphatic hydroxyl groups excluding tert-OH is 2. The molecule has 4 heteroatoms. The number of hydrogen-bond acceptors (Lipinski definition) is 3. The average molecular weight is 173 g/mol. The number of aliphatic hydroxyl groups is 2. The zero-order valence-corrected chi connectivity index (χ0v) is 6.99. The minimum Gasteiger partial charge on any atom is -0.394 e. The van der Waals surface area contributed by atoms with Crippen LogP contribution in [0.15, 0.2) is 12.7 Å². The summed E-state index contributed by atoms with van der Waals surface area (Å²) >= 11 is 0. The van der Waals surface area contributed by atoms with Gasteiger partial charge in [-0.3, -0.25) is 4.79 Å². The van der Waals surface area contributed by atoms with Gasteiger partial charge in [-0.05, 0) is 18.9 Å². The Morgan fingerprint density at radius 2 is 2.33 bits per heavy atom. The molecule has 0 radical (unpaired) electrons. The molecule has 0 aliphatic rings. The summed E-state index contributed by atoms with van der Waals surface area (Å²) in [5.74, 6) is -0.214. The third-order valence-electron chi connectivity index (χ3n) is 1.41. The molecule has 0 heterocycles. The van der Waals surface area contributed by atoms with E-state index in [4.69, 9.17) is 10.2 Å². The van der Waals surface area contributed by atoms with Crippen molar-refractivity contribution in [1.82, 2.24) is 5.32 Å². The first-order chi connectivity index (χ1) is 5.70. The highest BCUT2D eigenvalue weighted by Gasteiger charge is 2.00. The maximum absolute atomic E-state index is 10.6. The summed E-state index contributed by atoms with van der Waals surface area (Å²) in [7, 11) is 0. The van der Waals surface area contributed by atoms with Crippen LogP contribution in [0.5, 0.6) is 0 Å². The van der Waals surface area contributed by atoms with E-state index in [1.165, 1.54) is 6.08 Å². The number of nitrogens with one attached hydrogen (secondary N) is 1. The fraction of sp³-hybridized carbons (Fsp3) is 0.625. The van der Waals surface area contributed by atoms with E-state index in [1.807, 2.05) is 0 Å². The Balaban J connectivity index is 3.21. The van der Waals surface area contributed by atoms with Crippen molar-refractivity contribution in [1.29, 1.82) is 0 Å². The zero-order valence-electron chi connectivity index (χ0n) is 6.99. The lowest BCUT2D eigenvalue weighted by Gasteiger charge is -2.06. The Labute approximate surface area is 71.9 Å². The SMILES string of the molecule is C=CC(=O)NCCCC(O)CO. The molecule has 0 aliphatic heterocycles. The third kappa shape index (κ3) is 5.88. The molecule has 0 aromatic rings. The average Bonchev–Trinajstić information content (AvgIpc) is 2.11. The molecule has 12 heavy (non-hydrogen) atoms. The molecule has 0 aliphatic carbocycles. The van der Waals surface area contributed by atoms with E-state index in [2.05, 4.69) is 11.9 Å². The first kappa shape index (κ1) is 11.1. The minimum absolute atomic E-state index is 0.214. The summed E-state index contributed by atoms with van der Waals surface area (Å²) < 4.78 is 0. The van der Waals surface area contributed by atoms with E-state index in [-0.39, 0.29) is 12.5 Å². The Morgan fingerprint density at radius 3 is 2.83 bits per heavy atom. The van der Waals surface area contributed by atoms with Gasteiger partial charge in [0.25, 0.3) is 0 Å². The van der Waals surface area contributed by atoms with Gasteiger partial charge in [0.05, 0.1) is 12.7 Å². The van der Waals surface area contributed by atoms with Crippen LogP contribution in [0.1, 0.15) is 12.8 Å². The van der Waals surface area contributed by atoms with E-state index >= 15 is 0 Å². The molecule has 0 saturated heterocycles. The van der Waals surface area contributed by atoms with E-state index in [1.54, 1.807) is 0 Å². The monoisotopic (exact) mass is 173 g/mol. The molecule has 0 aromatic carbocycles. The summed E-state index contributed by atoms with van der Waals surface area (Å²) in [6.45, 7) is 3.56. The van der Waals surface area contributed by atoms with Crippen LogP contribution in [0.2, 0.25) is 0 Å². The van der Waals surface area contributed by atoms with Crippen molar-refractivity contribution in [3.63, 3.8) is 0 Å². The molecule has 0 fully saturated rings. The second-order valence-electron chi connectivity index (χ2n) is 2.47. The van der Waals surface area contributed by atoms with Gasteiger partial charge in [0.2, 0.25) is 5.91 Å². The maximum Gasteiger partial charge on any atom is 0.243 e. The van der Waals surface area contributed by atoms with Crippen molar-refractivity contribution in [2.45, 2.75) is 18.9 Å². The molecule has 0 spiro atoms. The van der Waals surface area contributed by atoms with Crippen LogP contribution in [0.4, 0.5) is 0 Å². The molecule has 0 saturated carbocycles. The molecule has 4 nitrogen and oxygen atoms in total. The number of carbonyl (C=O) groups is 1. The zero-order chi connectivity index (χ0) is 9.40. The summed E-state index contributed by atoms with van der Waals surface area (Å²) in [5.41, 5.74) is 0. The van der Waals surface area contributed by atoms with Crippen molar-refractivity contribution >= 4 is 5.91 Å². The highest BCUT2D eigenvalue weighted by atomic mass is 16.3. The standard InChI is InChI=1S/C8H15NO3/c1-2-8(12)9-5-3-4-7(11)6-10/h2,7,10-11H,1,3-6H2,(H,9,12). The topological polar surface area (TPSA) is 69.6 Å². The largest absolute Gasteiger partial charge is 0.394 e. The lowest BCUT2D eigenvalue weighted by Crippen LogP contribution is -2.23. The number of amides is 1. The fourth-order valence-electron chi connectivity index (χ4n) is 0.713. The summed E-state index contributed by atoms with van der Waals surface area (Å²) in [6, 6.07) is 0. The van der Waals surface area contributed by atoms with Crippen molar-refractivity contribution in [2.24, 2.45) is 0 Å². The van der Waals surface area contributed by atoms with Gasteiger partial charge in [-0.15, -0.1) is 0 Å². The predicted molar refractivity (Wildman–Crippen MR) is 45.5 cm³/mol. The number of hydrogen-bond donors (Lipinski definition) is 3. The Kier molecular flexibility index (Phi) is 6.32. The van der Waals surface area contributed by atoms with Gasteiger partial charge in [-0.2, -0.15) is 0 Å². The van der Waals surface area contributed by atoms with Gasteiger partial charge in [-0.25, -0.2) is 0 Å². The second kappa shape index (κ2) is 6.82. The van der Waals surface area contributed by atoms with E-state index < -0.39 is 6.10 Å². The van der Waals surface area contributed by atoms with Crippen molar-refractivity contribution in [3.8, 4) is 0 Å². The smallest absolute Gasteiger partial charge is 0.243 e. The van der Waals surface area contributed by atoms with Crippen LogP contribution in [0, 0.1) is 0 Å². The predicted octanol–water partition coefficient (Wildman–Crippen LogP) is -0.578. The molecule has 1 unspecified atom stereocenters. The summed E-state index contributed by atoms with van der Waals surface area (Å²) in [5, 5.41) is 19.9. The summed E-state index contributed by atoms with van der Waals surface area (Å²) in [6.07, 6.45) is 1.67. The van der Waals surface area contributed by atoms with E-state index in [0.717, 1.165) is 0 Å². The van der Waals surface area contributed by atoms with Crippen LogP contribution in [0.3, 0.4) is 0 Å². The quantitative estimate of drug-likeness (QED) is 0.372. The third-order valence-corrected chi connectivity index (χ3v) is 1.41. The van der Waals surface area contributed by atoms with Crippen molar-refractivity contribution < 1.29 is 15.0 Å². The van der Waals surface area contributed by atoms with Crippen LogP contribution in [-0.4, -0.2) is 35.4 Å². The molecular formula is C8H15NO3. The summed E-state index contributed by atoms with van der Waals surface area (Å²) in [4.78, 5) is 10.6. The Morgan fingerprint density at radius 1 is 1.67 bits per heavy atom. The maximum atomic E-state index is 10.6. The van der Waals surface area contributed by atoms with Crippen LogP contribution in [-0.2, 0) is 4.79 Å². The van der Waals surface area contributed by atoms with Gasteiger partial charge < -0.3 is 15.5 Å². The molecule has 0 aromatic heterocycles. The molecule has 1 atom stereocenters. The lowest BCUT2D eigenvalue weighted by molar-refractivity contribution is -0.116. The van der Waals surface area contributed by atoms with Crippen LogP contribution >= 0.6 is 0 Å². The lowest BCUT2D eigenvalue weighted by atomic mass is 10.2. The first-order valence-corrected chi connectivity index (χ1v) is 3.90. The molecule has 0 bridgehead atoms. The molecule has 1 amide bonds. The normalized spacial score (nSPS) is 12.2. The Bertz CT molecular complexity index is 147. The minimum atomic E-state index is -0.675. The molecule has 0 rings (SSSR count). The second-order valence-corrected chi connectivity index (χ2v) is 2.47. The molecule has 70 valence electrons. The van der Waals surface area contributed by atoms with Gasteiger partial charge in [-0.1, -0.05) is 6.58 Å². The van der Waals surface area contributed by atoms with Gasteiger partial charge in [0, 0.05) is 6.54 Å². The molecular weight excluding hydrogens is 158 g/mol. The Hall–Kier alpha value is -0.870. The number of carbonyl (C=O) groups excluding carboxylic acids is 1. The fourth-order valence-corrected chi connectivity index (χ4v) is 0.713. The molecule has 3 N–H and O–H groups in total. The first-order valence-electron chi connectivity index (χ1n) is 3.90. The van der Waals surface area contributed by atoms with Gasteiger partial charge in [0.15, 0.2) is 0 Å². The van der Waals surface area contributed by atoms with Gasteiger partial charge >= 0.3 is 0 Å². The number of rotatable bonds is 6. The van der Waals surface area contributed by atoms with E-state index in [9.17, 15) is 4.79 Å². The highest BCUT2D eigenvalue weighted by molar-refractivity contribution is 5.86. The van der Waals surface area contributed by atoms with Gasteiger partial charge in [0.1, 0.15) is 0 Å². The van der Waals surface area contributed by atoms with E-state index in [0.29, 0.717) is 19.4 Å². The highest BCUT2D eigenvalue weighted by Crippen LogP contribution is 1.93. The van der Waals surface area contributed by atoms with Crippen LogP contribution in [0.25, 0.3) is 0 Å².